The first kappa shape index (κ1) is 22.8. The van der Waals surface area contributed by atoms with Gasteiger partial charge in [0.2, 0.25) is 10.0 Å². The molecule has 0 bridgehead atoms. The second-order valence-electron chi connectivity index (χ2n) is 6.27. The number of benzene rings is 2. The van der Waals surface area contributed by atoms with Gasteiger partial charge in [0.05, 0.1) is 11.5 Å². The van der Waals surface area contributed by atoms with Gasteiger partial charge in [0.15, 0.2) is 5.96 Å². The normalized spacial score (nSPS) is 12.0. The van der Waals surface area contributed by atoms with E-state index in [4.69, 9.17) is 4.74 Å². The molecule has 7 nitrogen and oxygen atoms in total. The van der Waals surface area contributed by atoms with Gasteiger partial charge >= 0.3 is 0 Å². The maximum absolute atomic E-state index is 13.2. The number of hydrogen-bond acceptors (Lipinski definition) is 4. The van der Waals surface area contributed by atoms with Crippen LogP contribution in [0.5, 0.6) is 0 Å². The summed E-state index contributed by atoms with van der Waals surface area (Å²) in [7, 11) is -0.417. The molecule has 0 aliphatic carbocycles. The fourth-order valence-corrected chi connectivity index (χ4v) is 3.69. The summed E-state index contributed by atoms with van der Waals surface area (Å²) in [5.74, 6) is 0.324. The Labute approximate surface area is 171 Å². The van der Waals surface area contributed by atoms with Gasteiger partial charge in [0.25, 0.3) is 0 Å². The number of sulfonamides is 1. The van der Waals surface area contributed by atoms with Crippen LogP contribution in [0.25, 0.3) is 0 Å². The quantitative estimate of drug-likeness (QED) is 0.308. The summed E-state index contributed by atoms with van der Waals surface area (Å²) in [5, 5.41) is 6.30. The summed E-state index contributed by atoms with van der Waals surface area (Å²) in [6, 6.07) is 13.2. The van der Waals surface area contributed by atoms with Crippen molar-refractivity contribution in [1.29, 1.82) is 0 Å². The molecular weight excluding hydrogens is 395 g/mol. The van der Waals surface area contributed by atoms with E-state index < -0.39 is 10.0 Å². The molecule has 2 aromatic rings. The molecule has 0 unspecified atom stereocenters. The number of halogens is 1. The Morgan fingerprint density at radius 3 is 2.55 bits per heavy atom. The van der Waals surface area contributed by atoms with Crippen LogP contribution in [0.4, 0.5) is 4.39 Å². The van der Waals surface area contributed by atoms with Crippen LogP contribution < -0.4 is 15.4 Å². The number of methoxy groups -OCH3 is 1. The first-order chi connectivity index (χ1) is 13.9. The Morgan fingerprint density at radius 1 is 1.07 bits per heavy atom. The monoisotopic (exact) mass is 422 g/mol. The molecule has 3 N–H and O–H groups in total. The maximum Gasteiger partial charge on any atom is 0.240 e. The second kappa shape index (κ2) is 11.5. The zero-order valence-corrected chi connectivity index (χ0v) is 17.4. The highest BCUT2D eigenvalue weighted by molar-refractivity contribution is 7.89. The van der Waals surface area contributed by atoms with E-state index in [1.54, 1.807) is 31.3 Å². The van der Waals surface area contributed by atoms with Crippen molar-refractivity contribution in [3.05, 3.63) is 65.5 Å². The molecule has 0 saturated heterocycles. The lowest BCUT2D eigenvalue weighted by molar-refractivity contribution is 0.204. The van der Waals surface area contributed by atoms with Crippen LogP contribution in [-0.4, -0.2) is 48.2 Å². The Balaban J connectivity index is 1.87. The van der Waals surface area contributed by atoms with Gasteiger partial charge in [-0.15, -0.1) is 0 Å². The average Bonchev–Trinajstić information content (AvgIpc) is 2.71. The molecule has 0 aliphatic rings. The first-order valence-corrected chi connectivity index (χ1v) is 10.7. The van der Waals surface area contributed by atoms with E-state index in [1.807, 2.05) is 12.1 Å². The van der Waals surface area contributed by atoms with Gasteiger partial charge in [0.1, 0.15) is 5.82 Å². The predicted molar refractivity (Wildman–Crippen MR) is 112 cm³/mol. The molecule has 0 spiro atoms. The molecule has 0 amide bonds. The highest BCUT2D eigenvalue weighted by Crippen LogP contribution is 2.11. The topological polar surface area (TPSA) is 91.8 Å². The molecule has 0 heterocycles. The highest BCUT2D eigenvalue weighted by atomic mass is 32.2. The van der Waals surface area contributed by atoms with E-state index in [0.29, 0.717) is 32.1 Å². The molecule has 9 heteroatoms. The number of nitrogens with one attached hydrogen (secondary N) is 3. The minimum Gasteiger partial charge on any atom is -0.383 e. The van der Waals surface area contributed by atoms with Gasteiger partial charge in [-0.05, 0) is 41.8 Å². The third-order valence-corrected chi connectivity index (χ3v) is 5.54. The van der Waals surface area contributed by atoms with Gasteiger partial charge < -0.3 is 15.4 Å². The van der Waals surface area contributed by atoms with Crippen LogP contribution in [0.2, 0.25) is 0 Å². The second-order valence-corrected chi connectivity index (χ2v) is 8.04. The van der Waals surface area contributed by atoms with Crippen LogP contribution >= 0.6 is 0 Å². The highest BCUT2D eigenvalue weighted by Gasteiger charge is 2.13. The van der Waals surface area contributed by atoms with E-state index in [1.165, 1.54) is 19.2 Å². The van der Waals surface area contributed by atoms with E-state index in [-0.39, 0.29) is 17.3 Å². The van der Waals surface area contributed by atoms with E-state index in [2.05, 4.69) is 20.3 Å². The fourth-order valence-electron chi connectivity index (χ4n) is 2.61. The van der Waals surface area contributed by atoms with Crippen LogP contribution in [0.15, 0.2) is 58.4 Å². The number of ether oxygens (including phenoxy) is 1. The van der Waals surface area contributed by atoms with Gasteiger partial charge in [-0.3, -0.25) is 4.99 Å². The number of nitrogens with zero attached hydrogens (tertiary/aromatic N) is 1. The van der Waals surface area contributed by atoms with Crippen LogP contribution in [0.3, 0.4) is 0 Å². The molecule has 0 radical (unpaired) electrons. The molecule has 29 heavy (non-hydrogen) atoms. The van der Waals surface area contributed by atoms with Gasteiger partial charge in [-0.2, -0.15) is 0 Å². The standard InChI is InChI=1S/C20H27FN4O3S/c1-22-20(23-10-9-16-5-3-7-18(21)13-16)24-15-17-6-4-8-19(14-17)29(26,27)25-11-12-28-2/h3-8,13-14,25H,9-12,15H2,1-2H3,(H2,22,23,24). The number of aliphatic imine (C=N–C) groups is 1. The molecule has 0 saturated carbocycles. The third kappa shape index (κ3) is 7.80. The number of guanidine groups is 1. The van der Waals surface area contributed by atoms with Crippen molar-refractivity contribution in [3.8, 4) is 0 Å². The lowest BCUT2D eigenvalue weighted by Gasteiger charge is -2.13. The third-order valence-electron chi connectivity index (χ3n) is 4.09. The molecule has 0 atom stereocenters. The molecule has 0 aromatic heterocycles. The van der Waals surface area contributed by atoms with Crippen molar-refractivity contribution >= 4 is 16.0 Å². The molecule has 2 aromatic carbocycles. The van der Waals surface area contributed by atoms with Crippen LogP contribution in [0.1, 0.15) is 11.1 Å². The van der Waals surface area contributed by atoms with E-state index in [9.17, 15) is 12.8 Å². The SMILES string of the molecule is CN=C(NCCc1cccc(F)c1)NCc1cccc(S(=O)(=O)NCCOC)c1. The van der Waals surface area contributed by atoms with Crippen molar-refractivity contribution in [2.75, 3.05) is 33.9 Å². The minimum atomic E-state index is -3.58. The Morgan fingerprint density at radius 2 is 1.83 bits per heavy atom. The number of rotatable bonds is 10. The summed E-state index contributed by atoms with van der Waals surface area (Å²) in [6.45, 7) is 1.50. The Bertz CT molecular complexity index is 919. The van der Waals surface area contributed by atoms with Crippen molar-refractivity contribution in [3.63, 3.8) is 0 Å². The van der Waals surface area contributed by atoms with Gasteiger partial charge in [-0.25, -0.2) is 17.5 Å². The smallest absolute Gasteiger partial charge is 0.240 e. The van der Waals surface area contributed by atoms with Crippen molar-refractivity contribution < 1.29 is 17.5 Å². The lowest BCUT2D eigenvalue weighted by Crippen LogP contribution is -2.37. The van der Waals surface area contributed by atoms with Gasteiger partial charge in [-0.1, -0.05) is 24.3 Å². The molecule has 158 valence electrons. The Hall–Kier alpha value is -2.49. The van der Waals surface area contributed by atoms with Crippen molar-refractivity contribution in [1.82, 2.24) is 15.4 Å². The molecule has 0 aliphatic heterocycles. The van der Waals surface area contributed by atoms with E-state index in [0.717, 1.165) is 11.1 Å². The summed E-state index contributed by atoms with van der Waals surface area (Å²) in [6.07, 6.45) is 0.652. The van der Waals surface area contributed by atoms with Crippen LogP contribution in [-0.2, 0) is 27.7 Å². The Kier molecular flexibility index (Phi) is 9.04. The maximum atomic E-state index is 13.2. The van der Waals surface area contributed by atoms with Gasteiger partial charge in [0, 0.05) is 33.8 Å². The molecular formula is C20H27FN4O3S. The van der Waals surface area contributed by atoms with Crippen LogP contribution in [0, 0.1) is 5.82 Å². The lowest BCUT2D eigenvalue weighted by atomic mass is 10.1. The van der Waals surface area contributed by atoms with Crippen molar-refractivity contribution in [2.45, 2.75) is 17.9 Å². The molecule has 2 rings (SSSR count). The minimum absolute atomic E-state index is 0.196. The summed E-state index contributed by atoms with van der Waals surface area (Å²) in [5.41, 5.74) is 1.69. The summed E-state index contributed by atoms with van der Waals surface area (Å²) >= 11 is 0. The zero-order chi connectivity index (χ0) is 21.1. The van der Waals surface area contributed by atoms with Crippen molar-refractivity contribution in [2.24, 2.45) is 4.99 Å². The van der Waals surface area contributed by atoms with E-state index >= 15 is 0 Å². The fraction of sp³-hybridized carbons (Fsp3) is 0.350. The average molecular weight is 423 g/mol. The first-order valence-electron chi connectivity index (χ1n) is 9.21. The molecule has 0 fully saturated rings. The summed E-state index contributed by atoms with van der Waals surface area (Å²) in [4.78, 5) is 4.35. The zero-order valence-electron chi connectivity index (χ0n) is 16.6. The summed E-state index contributed by atoms with van der Waals surface area (Å²) < 4.78 is 45.2. The number of hydrogen-bond donors (Lipinski definition) is 3. The largest absolute Gasteiger partial charge is 0.383 e. The predicted octanol–water partition coefficient (Wildman–Crippen LogP) is 1.66.